The van der Waals surface area contributed by atoms with Gasteiger partial charge in [0.1, 0.15) is 11.6 Å². The molecule has 0 saturated heterocycles. The van der Waals surface area contributed by atoms with Gasteiger partial charge in [0.15, 0.2) is 5.65 Å². The molecule has 1 saturated carbocycles. The number of fused-ring (bicyclic) bond motifs is 1. The number of nitrogens with two attached hydrogens (primary N) is 1. The number of nitrogens with one attached hydrogen (secondary N) is 1. The highest BCUT2D eigenvalue weighted by Gasteiger charge is 2.23. The molecule has 5 rings (SSSR count). The topological polar surface area (TPSA) is 81.7 Å². The smallest absolute Gasteiger partial charge is 0.225 e. The summed E-state index contributed by atoms with van der Waals surface area (Å²) in [6.07, 6.45) is 2.43. The van der Waals surface area contributed by atoms with Gasteiger partial charge in [-0.2, -0.15) is 4.98 Å². The molecule has 3 N–H and O–H groups in total. The van der Waals surface area contributed by atoms with Crippen LogP contribution in [0.3, 0.4) is 0 Å². The largest absolute Gasteiger partial charge is 0.383 e. The lowest BCUT2D eigenvalue weighted by Crippen LogP contribution is -2.07. The van der Waals surface area contributed by atoms with Crippen LogP contribution in [0, 0.1) is 11.7 Å². The second kappa shape index (κ2) is 7.00. The predicted octanol–water partition coefficient (Wildman–Crippen LogP) is 4.68. The predicted molar refractivity (Wildman–Crippen MR) is 113 cm³/mol. The Morgan fingerprint density at radius 1 is 1.14 bits per heavy atom. The molecule has 0 amide bonds. The number of anilines is 2. The first-order chi connectivity index (χ1) is 14.1. The highest BCUT2D eigenvalue weighted by atomic mass is 35.5. The summed E-state index contributed by atoms with van der Waals surface area (Å²) >= 11 is 6.02. The van der Waals surface area contributed by atoms with Crippen molar-refractivity contribution in [3.63, 3.8) is 0 Å². The fourth-order valence-electron chi connectivity index (χ4n) is 3.27. The van der Waals surface area contributed by atoms with Gasteiger partial charge in [-0.05, 0) is 49.1 Å². The van der Waals surface area contributed by atoms with Crippen LogP contribution in [0.15, 0.2) is 48.5 Å². The quantitative estimate of drug-likeness (QED) is 0.501. The van der Waals surface area contributed by atoms with E-state index in [4.69, 9.17) is 17.3 Å². The molecule has 2 heterocycles. The van der Waals surface area contributed by atoms with Gasteiger partial charge in [0.25, 0.3) is 0 Å². The average molecular weight is 409 g/mol. The van der Waals surface area contributed by atoms with Crippen LogP contribution in [-0.2, 0) is 0 Å². The first-order valence-corrected chi connectivity index (χ1v) is 9.79. The van der Waals surface area contributed by atoms with Crippen molar-refractivity contribution in [2.24, 2.45) is 5.92 Å². The minimum atomic E-state index is -0.485. The zero-order chi connectivity index (χ0) is 20.0. The van der Waals surface area contributed by atoms with E-state index in [-0.39, 0.29) is 5.02 Å². The van der Waals surface area contributed by atoms with Crippen LogP contribution in [0.2, 0.25) is 5.02 Å². The third-order valence-electron chi connectivity index (χ3n) is 5.01. The molecule has 0 radical (unpaired) electrons. The van der Waals surface area contributed by atoms with E-state index in [2.05, 4.69) is 20.4 Å². The molecule has 29 heavy (non-hydrogen) atoms. The van der Waals surface area contributed by atoms with Crippen molar-refractivity contribution in [1.82, 2.24) is 19.7 Å². The first-order valence-electron chi connectivity index (χ1n) is 9.41. The minimum absolute atomic E-state index is 0.0239. The lowest BCUT2D eigenvalue weighted by Gasteiger charge is -2.09. The number of rotatable bonds is 5. The van der Waals surface area contributed by atoms with Crippen molar-refractivity contribution in [2.75, 3.05) is 17.6 Å². The summed E-state index contributed by atoms with van der Waals surface area (Å²) in [5.41, 5.74) is 8.95. The summed E-state index contributed by atoms with van der Waals surface area (Å²) in [5.74, 6) is 1.05. The molecule has 0 unspecified atom stereocenters. The van der Waals surface area contributed by atoms with E-state index in [1.807, 2.05) is 30.3 Å². The molecule has 0 spiro atoms. The van der Waals surface area contributed by atoms with Gasteiger partial charge >= 0.3 is 0 Å². The van der Waals surface area contributed by atoms with Crippen LogP contribution in [0.1, 0.15) is 12.8 Å². The molecular formula is C21H18ClFN6. The molecule has 0 atom stereocenters. The van der Waals surface area contributed by atoms with Gasteiger partial charge in [0.05, 0.1) is 21.8 Å². The summed E-state index contributed by atoms with van der Waals surface area (Å²) in [6.45, 7) is 0.810. The van der Waals surface area contributed by atoms with Gasteiger partial charge in [-0.1, -0.05) is 29.8 Å². The molecule has 0 aliphatic heterocycles. The third kappa shape index (κ3) is 3.38. The van der Waals surface area contributed by atoms with Crippen LogP contribution in [-0.4, -0.2) is 26.3 Å². The number of hydrogen-bond acceptors (Lipinski definition) is 5. The van der Waals surface area contributed by atoms with Crippen LogP contribution >= 0.6 is 11.6 Å². The standard InChI is InChI=1S/C21H18ClFN6/c22-15-10-13(8-9-16(15)23)18-17-19(24)29(14-4-2-1-3-5-14)28-20(17)27-21(26-18)25-11-12-6-7-12/h1-5,8-10,12H,6-7,11,24H2,(H,25,27,28). The Labute approximate surface area is 171 Å². The first kappa shape index (κ1) is 17.9. The number of benzene rings is 2. The van der Waals surface area contributed by atoms with Crippen molar-refractivity contribution >= 4 is 34.4 Å². The lowest BCUT2D eigenvalue weighted by atomic mass is 10.1. The van der Waals surface area contributed by atoms with Crippen LogP contribution in [0.4, 0.5) is 16.2 Å². The maximum Gasteiger partial charge on any atom is 0.225 e. The van der Waals surface area contributed by atoms with Gasteiger partial charge in [-0.3, -0.25) is 0 Å². The molecule has 2 aromatic carbocycles. The molecule has 2 aromatic heterocycles. The Morgan fingerprint density at radius 2 is 1.93 bits per heavy atom. The number of halogens is 2. The lowest BCUT2D eigenvalue weighted by molar-refractivity contribution is 0.628. The second-order valence-electron chi connectivity index (χ2n) is 7.18. The normalized spacial score (nSPS) is 13.7. The van der Waals surface area contributed by atoms with Crippen molar-refractivity contribution in [2.45, 2.75) is 12.8 Å². The van der Waals surface area contributed by atoms with E-state index < -0.39 is 5.82 Å². The second-order valence-corrected chi connectivity index (χ2v) is 7.59. The fraction of sp³-hybridized carbons (Fsp3) is 0.190. The number of hydrogen-bond donors (Lipinski definition) is 2. The molecular weight excluding hydrogens is 391 g/mol. The molecule has 0 bridgehead atoms. The Bertz CT molecular complexity index is 1200. The average Bonchev–Trinajstić information content (AvgIpc) is 3.51. The van der Waals surface area contributed by atoms with Gasteiger partial charge in [-0.15, -0.1) is 5.10 Å². The van der Waals surface area contributed by atoms with E-state index in [0.29, 0.717) is 40.0 Å². The van der Waals surface area contributed by atoms with E-state index >= 15 is 0 Å². The number of nitrogen functional groups attached to an aromatic ring is 1. The Kier molecular flexibility index (Phi) is 4.32. The minimum Gasteiger partial charge on any atom is -0.383 e. The van der Waals surface area contributed by atoms with Crippen LogP contribution in [0.5, 0.6) is 0 Å². The summed E-state index contributed by atoms with van der Waals surface area (Å²) in [7, 11) is 0. The highest BCUT2D eigenvalue weighted by Crippen LogP contribution is 2.35. The summed E-state index contributed by atoms with van der Waals surface area (Å²) in [6, 6.07) is 14.1. The molecule has 8 heteroatoms. The Morgan fingerprint density at radius 3 is 2.66 bits per heavy atom. The van der Waals surface area contributed by atoms with E-state index in [9.17, 15) is 4.39 Å². The van der Waals surface area contributed by atoms with Crippen LogP contribution in [0.25, 0.3) is 28.0 Å². The third-order valence-corrected chi connectivity index (χ3v) is 5.30. The zero-order valence-electron chi connectivity index (χ0n) is 15.4. The van der Waals surface area contributed by atoms with Gasteiger partial charge < -0.3 is 11.1 Å². The van der Waals surface area contributed by atoms with E-state index in [1.54, 1.807) is 16.8 Å². The maximum absolute atomic E-state index is 13.7. The van der Waals surface area contributed by atoms with Crippen molar-refractivity contribution in [3.05, 3.63) is 59.4 Å². The summed E-state index contributed by atoms with van der Waals surface area (Å²) < 4.78 is 15.3. The van der Waals surface area contributed by atoms with Crippen molar-refractivity contribution in [3.8, 4) is 16.9 Å². The molecule has 146 valence electrons. The van der Waals surface area contributed by atoms with E-state index in [0.717, 1.165) is 12.2 Å². The SMILES string of the molecule is Nc1c2c(-c3ccc(F)c(Cl)c3)nc(NCC3CC3)nc2nn1-c1ccccc1. The van der Waals surface area contributed by atoms with Gasteiger partial charge in [-0.25, -0.2) is 14.1 Å². The number of para-hydroxylation sites is 1. The summed E-state index contributed by atoms with van der Waals surface area (Å²) in [5, 5.41) is 8.52. The monoisotopic (exact) mass is 408 g/mol. The molecule has 4 aromatic rings. The number of nitrogens with zero attached hydrogens (tertiary/aromatic N) is 4. The van der Waals surface area contributed by atoms with Crippen molar-refractivity contribution in [1.29, 1.82) is 0 Å². The maximum atomic E-state index is 13.7. The highest BCUT2D eigenvalue weighted by molar-refractivity contribution is 6.31. The number of aromatic nitrogens is 4. The van der Waals surface area contributed by atoms with Gasteiger partial charge in [0, 0.05) is 12.1 Å². The van der Waals surface area contributed by atoms with Crippen molar-refractivity contribution < 1.29 is 4.39 Å². The molecule has 1 fully saturated rings. The zero-order valence-corrected chi connectivity index (χ0v) is 16.2. The van der Waals surface area contributed by atoms with E-state index in [1.165, 1.54) is 18.9 Å². The Hall–Kier alpha value is -3.19. The Balaban J connectivity index is 1.70. The van der Waals surface area contributed by atoms with Crippen LogP contribution < -0.4 is 11.1 Å². The molecule has 1 aliphatic rings. The van der Waals surface area contributed by atoms with Gasteiger partial charge in [0.2, 0.25) is 5.95 Å². The molecule has 6 nitrogen and oxygen atoms in total. The fourth-order valence-corrected chi connectivity index (χ4v) is 3.45. The molecule has 1 aliphatic carbocycles. The summed E-state index contributed by atoms with van der Waals surface area (Å²) in [4.78, 5) is 9.24.